The van der Waals surface area contributed by atoms with E-state index in [9.17, 15) is 14.0 Å². The Bertz CT molecular complexity index is 861. The van der Waals surface area contributed by atoms with E-state index in [0.717, 1.165) is 5.56 Å². The van der Waals surface area contributed by atoms with Gasteiger partial charge in [0.05, 0.1) is 5.92 Å². The number of hydrazine groups is 1. The molecule has 0 aromatic heterocycles. The van der Waals surface area contributed by atoms with E-state index in [0.29, 0.717) is 17.2 Å². The predicted molar refractivity (Wildman–Crippen MR) is 96.9 cm³/mol. The van der Waals surface area contributed by atoms with Crippen LogP contribution in [0.3, 0.4) is 0 Å². The molecule has 0 saturated heterocycles. The number of fused-ring (bicyclic) bond motifs is 1. The normalized spacial score (nSPS) is 16.5. The molecule has 2 atom stereocenters. The lowest BCUT2D eigenvalue weighted by molar-refractivity contribution is -0.135. The van der Waals surface area contributed by atoms with Crippen LogP contribution in [-0.4, -0.2) is 24.5 Å². The lowest BCUT2D eigenvalue weighted by Gasteiger charge is -2.25. The maximum absolute atomic E-state index is 13.6. The Balaban J connectivity index is 1.51. The van der Waals surface area contributed by atoms with E-state index in [4.69, 9.17) is 21.1 Å². The van der Waals surface area contributed by atoms with Crippen molar-refractivity contribution in [1.82, 2.24) is 10.9 Å². The number of amides is 2. The van der Waals surface area contributed by atoms with Gasteiger partial charge in [-0.05, 0) is 49.2 Å². The van der Waals surface area contributed by atoms with Gasteiger partial charge >= 0.3 is 0 Å². The minimum Gasteiger partial charge on any atom is -0.492 e. The first-order valence-corrected chi connectivity index (χ1v) is 8.74. The quantitative estimate of drug-likeness (QED) is 0.784. The minimum absolute atomic E-state index is 0.0411. The summed E-state index contributed by atoms with van der Waals surface area (Å²) < 4.78 is 24.4. The highest BCUT2D eigenvalue weighted by Gasteiger charge is 2.27. The topological polar surface area (TPSA) is 76.7 Å². The molecule has 0 spiro atoms. The molecule has 2 N–H and O–H groups in total. The van der Waals surface area contributed by atoms with Gasteiger partial charge in [0.25, 0.3) is 5.91 Å². The van der Waals surface area contributed by atoms with E-state index in [1.165, 1.54) is 25.1 Å². The standard InChI is InChI=1S/C19H18ClFN2O4/c1-11(27-17-5-3-2-4-15(17)21)18(24)22-23-19(25)13-8-12-9-14(20)6-7-16(12)26-10-13/h2-7,9,11,13H,8,10H2,1H3,(H,22,24)(H,23,25)/t11-,13+/m0/s1. The van der Waals surface area contributed by atoms with Gasteiger partial charge in [-0.1, -0.05) is 23.7 Å². The Hall–Kier alpha value is -2.80. The molecule has 27 heavy (non-hydrogen) atoms. The van der Waals surface area contributed by atoms with Crippen molar-refractivity contribution >= 4 is 23.4 Å². The van der Waals surface area contributed by atoms with Crippen LogP contribution in [0.5, 0.6) is 11.5 Å². The smallest absolute Gasteiger partial charge is 0.279 e. The molecule has 6 nitrogen and oxygen atoms in total. The number of ether oxygens (including phenoxy) is 2. The average molecular weight is 393 g/mol. The number of carbonyl (C=O) groups is 2. The molecule has 2 aromatic rings. The van der Waals surface area contributed by atoms with Crippen molar-refractivity contribution in [1.29, 1.82) is 0 Å². The monoisotopic (exact) mass is 392 g/mol. The highest BCUT2D eigenvalue weighted by Crippen LogP contribution is 2.29. The van der Waals surface area contributed by atoms with E-state index >= 15 is 0 Å². The van der Waals surface area contributed by atoms with Crippen LogP contribution in [0.15, 0.2) is 42.5 Å². The van der Waals surface area contributed by atoms with Crippen molar-refractivity contribution in [3.8, 4) is 11.5 Å². The van der Waals surface area contributed by atoms with Crippen molar-refractivity contribution < 1.29 is 23.5 Å². The summed E-state index contributed by atoms with van der Waals surface area (Å²) >= 11 is 5.97. The molecule has 1 aliphatic heterocycles. The van der Waals surface area contributed by atoms with Crippen molar-refractivity contribution in [3.63, 3.8) is 0 Å². The second kappa shape index (κ2) is 8.26. The highest BCUT2D eigenvalue weighted by atomic mass is 35.5. The summed E-state index contributed by atoms with van der Waals surface area (Å²) in [5.41, 5.74) is 5.47. The van der Waals surface area contributed by atoms with Gasteiger partial charge in [-0.15, -0.1) is 0 Å². The molecule has 0 bridgehead atoms. The third-order valence-corrected chi connectivity index (χ3v) is 4.35. The fraction of sp³-hybridized carbons (Fsp3) is 0.263. The molecule has 8 heteroatoms. The predicted octanol–water partition coefficient (Wildman–Crippen LogP) is 2.65. The van der Waals surface area contributed by atoms with Gasteiger partial charge in [0, 0.05) is 5.02 Å². The number of hydrogen-bond acceptors (Lipinski definition) is 4. The van der Waals surface area contributed by atoms with E-state index < -0.39 is 29.7 Å². The minimum atomic E-state index is -0.996. The van der Waals surface area contributed by atoms with Crippen molar-refractivity contribution in [2.24, 2.45) is 5.92 Å². The molecule has 0 fully saturated rings. The molecule has 0 unspecified atom stereocenters. The summed E-state index contributed by atoms with van der Waals surface area (Å²) in [6.07, 6.45) is -0.553. The van der Waals surface area contributed by atoms with Crippen LogP contribution < -0.4 is 20.3 Å². The molecule has 1 aliphatic rings. The van der Waals surface area contributed by atoms with E-state index in [1.807, 2.05) is 0 Å². The Morgan fingerprint density at radius 2 is 2.04 bits per heavy atom. The molecular formula is C19H18ClFN2O4. The van der Waals surface area contributed by atoms with Gasteiger partial charge in [-0.25, -0.2) is 4.39 Å². The second-order valence-corrected chi connectivity index (χ2v) is 6.57. The number of halogens is 2. The van der Waals surface area contributed by atoms with Crippen molar-refractivity contribution in [2.45, 2.75) is 19.4 Å². The van der Waals surface area contributed by atoms with Crippen LogP contribution in [0.4, 0.5) is 4.39 Å². The van der Waals surface area contributed by atoms with E-state index in [1.54, 1.807) is 24.3 Å². The molecule has 1 heterocycles. The number of benzene rings is 2. The number of rotatable bonds is 4. The molecule has 2 aromatic carbocycles. The fourth-order valence-corrected chi connectivity index (χ4v) is 2.84. The van der Waals surface area contributed by atoms with E-state index in [2.05, 4.69) is 10.9 Å². The molecular weight excluding hydrogens is 375 g/mol. The fourth-order valence-electron chi connectivity index (χ4n) is 2.64. The lowest BCUT2D eigenvalue weighted by atomic mass is 9.96. The molecule has 0 aliphatic carbocycles. The molecule has 142 valence electrons. The largest absolute Gasteiger partial charge is 0.492 e. The van der Waals surface area contributed by atoms with Crippen LogP contribution in [0.25, 0.3) is 0 Å². The summed E-state index contributed by atoms with van der Waals surface area (Å²) in [7, 11) is 0. The third kappa shape index (κ3) is 4.68. The number of carbonyl (C=O) groups excluding carboxylic acids is 2. The van der Waals surface area contributed by atoms with Crippen molar-refractivity contribution in [2.75, 3.05) is 6.61 Å². The lowest BCUT2D eigenvalue weighted by Crippen LogP contribution is -2.50. The van der Waals surface area contributed by atoms with Gasteiger partial charge in [0.15, 0.2) is 17.7 Å². The summed E-state index contributed by atoms with van der Waals surface area (Å²) in [4.78, 5) is 24.4. The van der Waals surface area contributed by atoms with Gasteiger partial charge in [0.1, 0.15) is 12.4 Å². The second-order valence-electron chi connectivity index (χ2n) is 6.13. The zero-order chi connectivity index (χ0) is 19.4. The highest BCUT2D eigenvalue weighted by molar-refractivity contribution is 6.30. The Morgan fingerprint density at radius 3 is 2.81 bits per heavy atom. The molecule has 0 saturated carbocycles. The maximum Gasteiger partial charge on any atom is 0.279 e. The third-order valence-electron chi connectivity index (χ3n) is 4.12. The van der Waals surface area contributed by atoms with Crippen LogP contribution in [0, 0.1) is 11.7 Å². The maximum atomic E-state index is 13.6. The van der Waals surface area contributed by atoms with Crippen LogP contribution >= 0.6 is 11.6 Å². The average Bonchev–Trinajstić information content (AvgIpc) is 2.66. The van der Waals surface area contributed by atoms with Gasteiger partial charge in [-0.3, -0.25) is 20.4 Å². The SMILES string of the molecule is C[C@H](Oc1ccccc1F)C(=O)NNC(=O)[C@H]1COc2ccc(Cl)cc2C1. The van der Waals surface area contributed by atoms with Gasteiger partial charge in [-0.2, -0.15) is 0 Å². The van der Waals surface area contributed by atoms with Gasteiger partial charge < -0.3 is 9.47 Å². The summed E-state index contributed by atoms with van der Waals surface area (Å²) in [5, 5.41) is 0.561. The Kier molecular flexibility index (Phi) is 5.81. The van der Waals surface area contributed by atoms with Crippen LogP contribution in [-0.2, 0) is 16.0 Å². The van der Waals surface area contributed by atoms with Crippen LogP contribution in [0.2, 0.25) is 5.02 Å². The molecule has 2 amide bonds. The first-order valence-electron chi connectivity index (χ1n) is 8.36. The Labute approximate surface area is 160 Å². The zero-order valence-electron chi connectivity index (χ0n) is 14.5. The number of nitrogens with one attached hydrogen (secondary N) is 2. The summed E-state index contributed by atoms with van der Waals surface area (Å²) in [5.74, 6) is -1.39. The Morgan fingerprint density at radius 1 is 1.26 bits per heavy atom. The summed E-state index contributed by atoms with van der Waals surface area (Å²) in [6.45, 7) is 1.65. The zero-order valence-corrected chi connectivity index (χ0v) is 15.3. The number of para-hydroxylation sites is 1. The van der Waals surface area contributed by atoms with E-state index in [-0.39, 0.29) is 12.4 Å². The summed E-state index contributed by atoms with van der Waals surface area (Å²) in [6, 6.07) is 11.0. The first kappa shape index (κ1) is 19.0. The molecule has 3 rings (SSSR count). The van der Waals surface area contributed by atoms with Gasteiger partial charge in [0.2, 0.25) is 5.91 Å². The van der Waals surface area contributed by atoms with Crippen LogP contribution in [0.1, 0.15) is 12.5 Å². The number of hydrogen-bond donors (Lipinski definition) is 2. The first-order chi connectivity index (χ1) is 12.9. The van der Waals surface area contributed by atoms with Crippen molar-refractivity contribution in [3.05, 3.63) is 58.9 Å². The molecule has 0 radical (unpaired) electrons.